The number of nitrogens with zero attached hydrogens (tertiary/aromatic N) is 2. The molecule has 2 aliphatic heterocycles. The summed E-state index contributed by atoms with van der Waals surface area (Å²) in [5.74, 6) is 0. The molecule has 2 heterocycles. The Morgan fingerprint density at radius 2 is 0.864 bits per heavy atom. The van der Waals surface area contributed by atoms with E-state index in [4.69, 9.17) is 9.47 Å². The van der Waals surface area contributed by atoms with Crippen molar-refractivity contribution in [3.05, 3.63) is 202 Å². The minimum atomic E-state index is 0.151. The fourth-order valence-electron chi connectivity index (χ4n) is 9.04. The second-order valence-corrected chi connectivity index (χ2v) is 17.6. The molecule has 6 aromatic rings. The summed E-state index contributed by atoms with van der Waals surface area (Å²) in [7, 11) is 0. The number of hydrogen-bond acceptors (Lipinski definition) is 5. The van der Waals surface area contributed by atoms with E-state index < -0.39 is 0 Å². The van der Waals surface area contributed by atoms with Crippen LogP contribution < -0.4 is 0 Å². The van der Waals surface area contributed by atoms with E-state index in [-0.39, 0.29) is 24.3 Å². The molecule has 0 aliphatic carbocycles. The minimum absolute atomic E-state index is 0.151. The van der Waals surface area contributed by atoms with Crippen molar-refractivity contribution >= 4 is 11.8 Å². The third-order valence-electron chi connectivity index (χ3n) is 12.0. The van der Waals surface area contributed by atoms with Crippen LogP contribution in [0.3, 0.4) is 0 Å². The van der Waals surface area contributed by atoms with Gasteiger partial charge >= 0.3 is 0 Å². The van der Waals surface area contributed by atoms with Crippen LogP contribution in [0.1, 0.15) is 83.3 Å². The summed E-state index contributed by atoms with van der Waals surface area (Å²) in [5.41, 5.74) is 11.0. The molecule has 0 saturated carbocycles. The Balaban J connectivity index is 0.948. The van der Waals surface area contributed by atoms with E-state index in [0.29, 0.717) is 13.2 Å². The second kappa shape index (κ2) is 20.7. The van der Waals surface area contributed by atoms with E-state index in [2.05, 4.69) is 181 Å². The first-order valence-corrected chi connectivity index (χ1v) is 22.7. The fourth-order valence-corrected chi connectivity index (χ4v) is 10.1. The van der Waals surface area contributed by atoms with E-state index in [9.17, 15) is 0 Å². The van der Waals surface area contributed by atoms with Crippen molar-refractivity contribution in [2.45, 2.75) is 99.5 Å². The van der Waals surface area contributed by atoms with Crippen LogP contribution in [-0.4, -0.2) is 48.3 Å². The molecule has 0 aromatic heterocycles. The Morgan fingerprint density at radius 1 is 0.475 bits per heavy atom. The predicted molar refractivity (Wildman–Crippen MR) is 244 cm³/mol. The molecule has 6 aromatic carbocycles. The van der Waals surface area contributed by atoms with Gasteiger partial charge < -0.3 is 9.47 Å². The van der Waals surface area contributed by atoms with Gasteiger partial charge in [-0.25, -0.2) is 0 Å². The van der Waals surface area contributed by atoms with Crippen LogP contribution in [0.25, 0.3) is 0 Å². The second-order valence-electron chi connectivity index (χ2n) is 16.5. The number of benzene rings is 6. The number of aryl methyl sites for hydroxylation is 2. The topological polar surface area (TPSA) is 24.9 Å². The summed E-state index contributed by atoms with van der Waals surface area (Å²) in [6, 6.07) is 58.4. The van der Waals surface area contributed by atoms with Gasteiger partial charge in [0.15, 0.2) is 0 Å². The first kappa shape index (κ1) is 41.3. The van der Waals surface area contributed by atoms with E-state index in [0.717, 1.165) is 64.7 Å². The van der Waals surface area contributed by atoms with E-state index in [1.54, 1.807) is 0 Å². The zero-order valence-corrected chi connectivity index (χ0v) is 35.7. The molecule has 4 nitrogen and oxygen atoms in total. The molecule has 304 valence electrons. The smallest absolute Gasteiger partial charge is 0.0743 e. The Labute approximate surface area is 357 Å². The van der Waals surface area contributed by atoms with Crippen molar-refractivity contribution in [2.24, 2.45) is 0 Å². The highest BCUT2D eigenvalue weighted by molar-refractivity contribution is 7.99. The summed E-state index contributed by atoms with van der Waals surface area (Å²) in [6.07, 6.45) is 6.52. The number of ether oxygens (including phenoxy) is 2. The van der Waals surface area contributed by atoms with Crippen molar-refractivity contribution in [3.63, 3.8) is 0 Å². The van der Waals surface area contributed by atoms with E-state index in [1.165, 1.54) is 54.3 Å². The Morgan fingerprint density at radius 3 is 1.25 bits per heavy atom. The maximum atomic E-state index is 6.65. The fraction of sp³-hybridized carbons (Fsp3) is 0.333. The quantitative estimate of drug-likeness (QED) is 0.0971. The molecule has 2 fully saturated rings. The van der Waals surface area contributed by atoms with Crippen LogP contribution in [0.4, 0.5) is 0 Å². The lowest BCUT2D eigenvalue weighted by atomic mass is 9.98. The highest BCUT2D eigenvalue weighted by Crippen LogP contribution is 2.37. The molecule has 0 bridgehead atoms. The third-order valence-corrected chi connectivity index (χ3v) is 13.2. The first-order chi connectivity index (χ1) is 29.1. The molecule has 2 saturated heterocycles. The van der Waals surface area contributed by atoms with Gasteiger partial charge in [-0.2, -0.15) is 0 Å². The van der Waals surface area contributed by atoms with Gasteiger partial charge in [-0.3, -0.25) is 9.80 Å². The maximum Gasteiger partial charge on any atom is 0.0743 e. The molecule has 59 heavy (non-hydrogen) atoms. The number of hydrogen-bond donors (Lipinski definition) is 0. The average molecular weight is 801 g/mol. The van der Waals surface area contributed by atoms with Crippen molar-refractivity contribution in [2.75, 3.05) is 26.3 Å². The lowest BCUT2D eigenvalue weighted by Gasteiger charge is -2.40. The van der Waals surface area contributed by atoms with Crippen LogP contribution >= 0.6 is 11.8 Å². The molecule has 2 aliphatic rings. The van der Waals surface area contributed by atoms with Crippen LogP contribution in [-0.2, 0) is 48.2 Å². The van der Waals surface area contributed by atoms with Crippen molar-refractivity contribution in [1.29, 1.82) is 0 Å². The standard InChI is InChI=1S/C54H60N2O2S/c1-3-17-47-31-43(33-49-37-55(35-41-19-9-5-10-20-41)51(39-57-49)45-23-13-7-14-24-45)27-29-53(47)59-54-30-28-44(32-48(54)18-4-2)34-50-38-56(36-42-21-11-6-12-22-42)52(40-58-50)46-25-15-8-16-26-46/h5-16,19-32,49-52H,3-4,17-18,33-40H2,1-2H3/t49-,50-,51?,52?/m0/s1. The monoisotopic (exact) mass is 800 g/mol. The number of morpholine rings is 2. The molecule has 0 N–H and O–H groups in total. The van der Waals surface area contributed by atoms with Gasteiger partial charge in [-0.05, 0) is 82.3 Å². The van der Waals surface area contributed by atoms with Crippen LogP contribution in [0.2, 0.25) is 0 Å². The van der Waals surface area contributed by atoms with Crippen LogP contribution in [0, 0.1) is 0 Å². The lowest BCUT2D eigenvalue weighted by molar-refractivity contribution is -0.0676. The molecule has 0 radical (unpaired) electrons. The third kappa shape index (κ3) is 11.0. The van der Waals surface area contributed by atoms with Gasteiger partial charge in [0.05, 0.1) is 37.5 Å². The zero-order chi connectivity index (χ0) is 40.2. The average Bonchev–Trinajstić information content (AvgIpc) is 3.27. The SMILES string of the molecule is CCCc1cc(C[C@H]2CN(Cc3ccccc3)C(c3ccccc3)CO2)ccc1Sc1ccc(C[C@H]2CN(Cc3ccccc3)C(c3ccccc3)CO2)cc1CCC. The summed E-state index contributed by atoms with van der Waals surface area (Å²) in [5, 5.41) is 0. The summed E-state index contributed by atoms with van der Waals surface area (Å²) in [6.45, 7) is 9.67. The van der Waals surface area contributed by atoms with Crippen molar-refractivity contribution < 1.29 is 9.47 Å². The molecule has 8 rings (SSSR count). The largest absolute Gasteiger partial charge is 0.375 e. The normalized spacial score (nSPS) is 20.1. The lowest BCUT2D eigenvalue weighted by Crippen LogP contribution is -2.45. The molecular formula is C54H60N2O2S. The van der Waals surface area contributed by atoms with Gasteiger partial charge in [0, 0.05) is 36.0 Å². The van der Waals surface area contributed by atoms with E-state index >= 15 is 0 Å². The molecule has 0 spiro atoms. The van der Waals surface area contributed by atoms with Gasteiger partial charge in [0.25, 0.3) is 0 Å². The Bertz CT molecular complexity index is 2020. The number of rotatable bonds is 16. The Hall–Kier alpha value is -4.49. The van der Waals surface area contributed by atoms with Gasteiger partial charge in [-0.15, -0.1) is 0 Å². The van der Waals surface area contributed by atoms with Gasteiger partial charge in [-0.1, -0.05) is 184 Å². The molecule has 5 heteroatoms. The summed E-state index contributed by atoms with van der Waals surface area (Å²) < 4.78 is 13.3. The van der Waals surface area contributed by atoms with Crippen LogP contribution in [0.15, 0.2) is 168 Å². The minimum Gasteiger partial charge on any atom is -0.375 e. The summed E-state index contributed by atoms with van der Waals surface area (Å²) in [4.78, 5) is 7.99. The van der Waals surface area contributed by atoms with Gasteiger partial charge in [0.2, 0.25) is 0 Å². The highest BCUT2D eigenvalue weighted by Gasteiger charge is 2.32. The first-order valence-electron chi connectivity index (χ1n) is 21.9. The zero-order valence-electron chi connectivity index (χ0n) is 34.9. The van der Waals surface area contributed by atoms with Crippen molar-refractivity contribution in [3.8, 4) is 0 Å². The van der Waals surface area contributed by atoms with E-state index in [1.807, 2.05) is 11.8 Å². The Kier molecular flexibility index (Phi) is 14.4. The predicted octanol–water partition coefficient (Wildman–Crippen LogP) is 12.1. The molecule has 0 amide bonds. The highest BCUT2D eigenvalue weighted by atomic mass is 32.2. The van der Waals surface area contributed by atoms with Crippen molar-refractivity contribution in [1.82, 2.24) is 9.80 Å². The molecular weight excluding hydrogens is 741 g/mol. The summed E-state index contributed by atoms with van der Waals surface area (Å²) >= 11 is 1.95. The van der Waals surface area contributed by atoms with Gasteiger partial charge in [0.1, 0.15) is 0 Å². The van der Waals surface area contributed by atoms with Crippen LogP contribution in [0.5, 0.6) is 0 Å². The molecule has 4 atom stereocenters. The molecule has 2 unspecified atom stereocenters. The maximum absolute atomic E-state index is 6.65.